The maximum absolute atomic E-state index is 12.9. The van der Waals surface area contributed by atoms with E-state index in [1.807, 2.05) is 19.1 Å². The van der Waals surface area contributed by atoms with Gasteiger partial charge in [-0.25, -0.2) is 0 Å². The van der Waals surface area contributed by atoms with Gasteiger partial charge >= 0.3 is 0 Å². The summed E-state index contributed by atoms with van der Waals surface area (Å²) in [5.41, 5.74) is 0.259. The van der Waals surface area contributed by atoms with Gasteiger partial charge in [-0.05, 0) is 42.5 Å². The molecule has 0 unspecified atom stereocenters. The number of hydrogen-bond donors (Lipinski definition) is 1. The van der Waals surface area contributed by atoms with E-state index in [1.54, 1.807) is 18.2 Å². The molecule has 1 aliphatic carbocycles. The molecule has 5 nitrogen and oxygen atoms in total. The minimum absolute atomic E-state index is 0.00473. The first-order valence-corrected chi connectivity index (χ1v) is 8.22. The Balaban J connectivity index is 1.92. The zero-order chi connectivity index (χ0) is 18.0. The number of ether oxygens (including phenoxy) is 3. The normalized spacial score (nSPS) is 22.9. The van der Waals surface area contributed by atoms with Gasteiger partial charge in [0.25, 0.3) is 0 Å². The van der Waals surface area contributed by atoms with Crippen molar-refractivity contribution in [3.63, 3.8) is 0 Å². The molecule has 3 rings (SSSR count). The summed E-state index contributed by atoms with van der Waals surface area (Å²) in [5.74, 6) is 1.63. The number of phenolic OH excluding ortho intramolecular Hbond substituents is 1. The average molecular weight is 342 g/mol. The molecule has 1 saturated heterocycles. The number of hydrogen-bond acceptors (Lipinski definition) is 5. The minimum Gasteiger partial charge on any atom is -0.504 e. The number of carbonyl (C=O) groups excluding carboxylic acids is 1. The van der Waals surface area contributed by atoms with Crippen LogP contribution >= 0.6 is 0 Å². The fraction of sp³-hybridized carbons (Fsp3) is 0.350. The fourth-order valence-electron chi connectivity index (χ4n) is 3.45. The zero-order valence-electron chi connectivity index (χ0n) is 14.5. The summed E-state index contributed by atoms with van der Waals surface area (Å²) in [4.78, 5) is 12.9. The predicted molar refractivity (Wildman–Crippen MR) is 93.0 cm³/mol. The molecule has 0 radical (unpaired) electrons. The van der Waals surface area contributed by atoms with Crippen LogP contribution in [0.2, 0.25) is 0 Å². The van der Waals surface area contributed by atoms with Gasteiger partial charge in [-0.3, -0.25) is 4.79 Å². The second-order valence-electron chi connectivity index (χ2n) is 6.43. The first-order chi connectivity index (χ1) is 12.0. The molecule has 5 heteroatoms. The van der Waals surface area contributed by atoms with E-state index in [4.69, 9.17) is 14.2 Å². The SMILES string of the molecule is C=CC[C@]1([C@@H](C)Cc2ccc(O)c(OC)c2)C=C2OCOC2=CC1=O. The molecule has 1 aliphatic heterocycles. The number of aromatic hydroxyl groups is 1. The standard InChI is InChI=1S/C20H22O5/c1-4-7-20(11-18-17(10-19(20)22)24-12-25-18)13(2)8-14-5-6-15(21)16(9-14)23-3/h4-6,9-11,13,21H,1,7-8,12H2,2-3H3/t13-,20+/m0/s1. The molecule has 0 amide bonds. The molecule has 1 N–H and O–H groups in total. The van der Waals surface area contributed by atoms with Gasteiger partial charge in [0, 0.05) is 6.08 Å². The van der Waals surface area contributed by atoms with Crippen LogP contribution in [0.4, 0.5) is 0 Å². The lowest BCUT2D eigenvalue weighted by atomic mass is 9.66. The minimum atomic E-state index is -0.723. The lowest BCUT2D eigenvalue weighted by molar-refractivity contribution is -0.124. The second-order valence-corrected chi connectivity index (χ2v) is 6.43. The van der Waals surface area contributed by atoms with E-state index in [-0.39, 0.29) is 24.2 Å². The Labute approximate surface area is 147 Å². The lowest BCUT2D eigenvalue weighted by Gasteiger charge is -2.35. The van der Waals surface area contributed by atoms with E-state index >= 15 is 0 Å². The van der Waals surface area contributed by atoms with Crippen molar-refractivity contribution in [3.8, 4) is 11.5 Å². The van der Waals surface area contributed by atoms with Crippen LogP contribution in [0.15, 0.2) is 54.5 Å². The number of phenols is 1. The maximum Gasteiger partial charge on any atom is 0.231 e. The van der Waals surface area contributed by atoms with E-state index in [0.717, 1.165) is 5.56 Å². The topological polar surface area (TPSA) is 65.0 Å². The van der Waals surface area contributed by atoms with E-state index in [0.29, 0.717) is 30.1 Å². The van der Waals surface area contributed by atoms with Crippen LogP contribution in [0.5, 0.6) is 11.5 Å². The van der Waals surface area contributed by atoms with Crippen LogP contribution in [0.3, 0.4) is 0 Å². The molecule has 0 aromatic heterocycles. The summed E-state index contributed by atoms with van der Waals surface area (Å²) >= 11 is 0. The largest absolute Gasteiger partial charge is 0.504 e. The summed E-state index contributed by atoms with van der Waals surface area (Å²) < 4.78 is 16.0. The molecule has 0 bridgehead atoms. The number of rotatable bonds is 6. The van der Waals surface area contributed by atoms with Crippen molar-refractivity contribution >= 4 is 5.78 Å². The van der Waals surface area contributed by atoms with Gasteiger partial charge < -0.3 is 19.3 Å². The van der Waals surface area contributed by atoms with Crippen molar-refractivity contribution in [2.75, 3.05) is 13.9 Å². The first kappa shape index (κ1) is 17.1. The third kappa shape index (κ3) is 3.02. The van der Waals surface area contributed by atoms with E-state index in [9.17, 15) is 9.90 Å². The highest BCUT2D eigenvalue weighted by molar-refractivity contribution is 5.99. The van der Waals surface area contributed by atoms with Crippen LogP contribution in [-0.4, -0.2) is 24.8 Å². The third-order valence-corrected chi connectivity index (χ3v) is 4.93. The van der Waals surface area contributed by atoms with Gasteiger partial charge in [-0.15, -0.1) is 6.58 Å². The van der Waals surface area contributed by atoms with Crippen molar-refractivity contribution in [2.24, 2.45) is 11.3 Å². The van der Waals surface area contributed by atoms with Crippen LogP contribution < -0.4 is 4.74 Å². The summed E-state index contributed by atoms with van der Waals surface area (Å²) in [7, 11) is 1.51. The van der Waals surface area contributed by atoms with Gasteiger partial charge in [0.05, 0.1) is 12.5 Å². The van der Waals surface area contributed by atoms with Gasteiger partial charge in [0.1, 0.15) is 0 Å². The van der Waals surface area contributed by atoms with Gasteiger partial charge in [0.15, 0.2) is 28.8 Å². The molecule has 2 atom stereocenters. The number of allylic oxidation sites excluding steroid dienone is 3. The molecule has 1 fully saturated rings. The summed E-state index contributed by atoms with van der Waals surface area (Å²) in [6.07, 6.45) is 6.32. The number of fused-ring (bicyclic) bond motifs is 1. The highest BCUT2D eigenvalue weighted by Gasteiger charge is 2.44. The quantitative estimate of drug-likeness (QED) is 0.802. The van der Waals surface area contributed by atoms with E-state index in [2.05, 4.69) is 6.58 Å². The summed E-state index contributed by atoms with van der Waals surface area (Å²) in [6.45, 7) is 5.99. The van der Waals surface area contributed by atoms with Crippen LogP contribution in [-0.2, 0) is 20.7 Å². The number of ketones is 1. The molecule has 0 spiro atoms. The van der Waals surface area contributed by atoms with E-state index < -0.39 is 5.41 Å². The Hall–Kier alpha value is -2.69. The summed E-state index contributed by atoms with van der Waals surface area (Å²) in [6, 6.07) is 5.24. The zero-order valence-corrected chi connectivity index (χ0v) is 14.5. The van der Waals surface area contributed by atoms with Crippen molar-refractivity contribution in [1.29, 1.82) is 0 Å². The third-order valence-electron chi connectivity index (χ3n) is 4.93. The van der Waals surface area contributed by atoms with Crippen LogP contribution in [0.25, 0.3) is 0 Å². The predicted octanol–water partition coefficient (Wildman–Crippen LogP) is 3.50. The van der Waals surface area contributed by atoms with Gasteiger partial charge in [0.2, 0.25) is 6.79 Å². The molecule has 0 saturated carbocycles. The molecule has 25 heavy (non-hydrogen) atoms. The fourth-order valence-corrected chi connectivity index (χ4v) is 3.45. The van der Waals surface area contributed by atoms with Crippen LogP contribution in [0, 0.1) is 11.3 Å². The molecule has 132 valence electrons. The molecular weight excluding hydrogens is 320 g/mol. The molecule has 2 aliphatic rings. The Morgan fingerprint density at radius 2 is 2.16 bits per heavy atom. The Morgan fingerprint density at radius 3 is 2.88 bits per heavy atom. The Kier molecular flexibility index (Phi) is 4.57. The van der Waals surface area contributed by atoms with Crippen LogP contribution in [0.1, 0.15) is 18.9 Å². The monoisotopic (exact) mass is 342 g/mol. The summed E-state index contributed by atoms with van der Waals surface area (Å²) in [5, 5.41) is 9.76. The Morgan fingerprint density at radius 1 is 1.40 bits per heavy atom. The second kappa shape index (κ2) is 6.67. The average Bonchev–Trinajstić information content (AvgIpc) is 3.03. The number of carbonyl (C=O) groups is 1. The number of methoxy groups -OCH3 is 1. The van der Waals surface area contributed by atoms with Gasteiger partial charge in [-0.1, -0.05) is 19.1 Å². The highest BCUT2D eigenvalue weighted by Crippen LogP contribution is 2.44. The maximum atomic E-state index is 12.9. The molecule has 1 aromatic carbocycles. The molecular formula is C20H22O5. The van der Waals surface area contributed by atoms with Crippen molar-refractivity contribution in [1.82, 2.24) is 0 Å². The highest BCUT2D eigenvalue weighted by atomic mass is 16.7. The lowest BCUT2D eigenvalue weighted by Crippen LogP contribution is -2.38. The first-order valence-electron chi connectivity index (χ1n) is 8.22. The van der Waals surface area contributed by atoms with Crippen molar-refractivity contribution in [2.45, 2.75) is 19.8 Å². The van der Waals surface area contributed by atoms with E-state index in [1.165, 1.54) is 13.2 Å². The number of benzene rings is 1. The van der Waals surface area contributed by atoms with Crippen molar-refractivity contribution in [3.05, 3.63) is 60.1 Å². The molecule has 1 heterocycles. The molecule has 1 aromatic rings. The smallest absolute Gasteiger partial charge is 0.231 e. The van der Waals surface area contributed by atoms with Gasteiger partial charge in [-0.2, -0.15) is 0 Å². The Bertz CT molecular complexity index is 761. The van der Waals surface area contributed by atoms with Crippen molar-refractivity contribution < 1.29 is 24.1 Å².